The molecule has 0 heterocycles. The van der Waals surface area contributed by atoms with Crippen molar-refractivity contribution in [3.63, 3.8) is 0 Å². The molecule has 1 N–H and O–H groups in total. The van der Waals surface area contributed by atoms with E-state index >= 15 is 0 Å². The molecular weight excluding hydrogens is 286 g/mol. The lowest BCUT2D eigenvalue weighted by Crippen LogP contribution is -2.19. The zero-order chi connectivity index (χ0) is 12.5. The van der Waals surface area contributed by atoms with Crippen LogP contribution in [-0.2, 0) is 12.8 Å². The summed E-state index contributed by atoms with van der Waals surface area (Å²) < 4.78 is 1.17. The Bertz CT molecular complexity index is 552. The number of fused-ring (bicyclic) bond motifs is 1. The molecule has 92 valence electrons. The summed E-state index contributed by atoms with van der Waals surface area (Å²) >= 11 is 3.54. The summed E-state index contributed by atoms with van der Waals surface area (Å²) in [6, 6.07) is 15.7. The summed E-state index contributed by atoms with van der Waals surface area (Å²) in [6.07, 6.45) is 2.26. The van der Waals surface area contributed by atoms with Crippen LogP contribution in [0, 0.1) is 6.92 Å². The average Bonchev–Trinajstić information content (AvgIpc) is 2.76. The van der Waals surface area contributed by atoms with Gasteiger partial charge in [0.15, 0.2) is 0 Å². The number of hydrogen-bond donors (Lipinski definition) is 1. The van der Waals surface area contributed by atoms with E-state index in [2.05, 4.69) is 70.6 Å². The van der Waals surface area contributed by atoms with Gasteiger partial charge < -0.3 is 5.32 Å². The van der Waals surface area contributed by atoms with Crippen molar-refractivity contribution in [3.8, 4) is 0 Å². The Morgan fingerprint density at radius 1 is 1.06 bits per heavy atom. The van der Waals surface area contributed by atoms with Gasteiger partial charge in [-0.1, -0.05) is 40.2 Å². The van der Waals surface area contributed by atoms with Crippen LogP contribution >= 0.6 is 15.9 Å². The molecule has 1 aliphatic carbocycles. The first-order valence-corrected chi connectivity index (χ1v) is 7.11. The number of nitrogens with one attached hydrogen (secondary N) is 1. The molecule has 0 radical (unpaired) electrons. The van der Waals surface area contributed by atoms with Gasteiger partial charge in [0.2, 0.25) is 0 Å². The zero-order valence-electron chi connectivity index (χ0n) is 10.4. The Morgan fingerprint density at radius 2 is 1.72 bits per heavy atom. The molecule has 0 saturated carbocycles. The van der Waals surface area contributed by atoms with Crippen molar-refractivity contribution >= 4 is 21.6 Å². The maximum absolute atomic E-state index is 3.64. The van der Waals surface area contributed by atoms with Crippen molar-refractivity contribution in [1.82, 2.24) is 0 Å². The molecule has 0 aromatic heterocycles. The first-order valence-electron chi connectivity index (χ1n) is 6.32. The standard InChI is InChI=1S/C16H16BrN/c1-11-8-14(6-7-16(11)17)18-15-9-12-4-2-3-5-13(12)10-15/h2-8,15,18H,9-10H2,1H3. The third-order valence-corrected chi connectivity index (χ3v) is 4.47. The fourth-order valence-electron chi connectivity index (χ4n) is 2.63. The monoisotopic (exact) mass is 301 g/mol. The molecule has 2 aromatic carbocycles. The Hall–Kier alpha value is -1.28. The molecule has 2 heteroatoms. The fraction of sp³-hybridized carbons (Fsp3) is 0.250. The molecule has 0 amide bonds. The molecule has 0 unspecified atom stereocenters. The van der Waals surface area contributed by atoms with Crippen molar-refractivity contribution in [2.45, 2.75) is 25.8 Å². The summed E-state index contributed by atoms with van der Waals surface area (Å²) in [5.74, 6) is 0. The topological polar surface area (TPSA) is 12.0 Å². The molecule has 0 fully saturated rings. The normalized spacial score (nSPS) is 14.6. The smallest absolute Gasteiger partial charge is 0.0345 e. The van der Waals surface area contributed by atoms with E-state index in [-0.39, 0.29) is 0 Å². The van der Waals surface area contributed by atoms with E-state index in [1.165, 1.54) is 26.9 Å². The van der Waals surface area contributed by atoms with Crippen LogP contribution in [0.25, 0.3) is 0 Å². The van der Waals surface area contributed by atoms with Crippen molar-refractivity contribution in [2.24, 2.45) is 0 Å². The van der Waals surface area contributed by atoms with E-state index < -0.39 is 0 Å². The van der Waals surface area contributed by atoms with Crippen molar-refractivity contribution in [3.05, 3.63) is 63.6 Å². The minimum atomic E-state index is 0.531. The third-order valence-electron chi connectivity index (χ3n) is 3.58. The highest BCUT2D eigenvalue weighted by Crippen LogP contribution is 2.26. The molecule has 1 nitrogen and oxygen atoms in total. The molecule has 0 saturated heterocycles. The minimum absolute atomic E-state index is 0.531. The highest BCUT2D eigenvalue weighted by Gasteiger charge is 2.20. The average molecular weight is 302 g/mol. The summed E-state index contributed by atoms with van der Waals surface area (Å²) in [6.45, 7) is 2.12. The van der Waals surface area contributed by atoms with E-state index in [9.17, 15) is 0 Å². The lowest BCUT2D eigenvalue weighted by Gasteiger charge is -2.14. The van der Waals surface area contributed by atoms with E-state index in [1.54, 1.807) is 0 Å². The Kier molecular flexibility index (Phi) is 3.13. The summed E-state index contributed by atoms with van der Waals surface area (Å²) in [4.78, 5) is 0. The second kappa shape index (κ2) is 4.77. The number of halogens is 1. The van der Waals surface area contributed by atoms with Crippen LogP contribution < -0.4 is 5.32 Å². The quantitative estimate of drug-likeness (QED) is 0.870. The predicted molar refractivity (Wildman–Crippen MR) is 80.1 cm³/mol. The van der Waals surface area contributed by atoms with Gasteiger partial charge in [0.05, 0.1) is 0 Å². The van der Waals surface area contributed by atoms with Gasteiger partial charge in [-0.25, -0.2) is 0 Å². The van der Waals surface area contributed by atoms with Crippen LogP contribution in [0.4, 0.5) is 5.69 Å². The lowest BCUT2D eigenvalue weighted by atomic mass is 10.1. The van der Waals surface area contributed by atoms with Crippen LogP contribution in [0.1, 0.15) is 16.7 Å². The van der Waals surface area contributed by atoms with Crippen LogP contribution in [0.3, 0.4) is 0 Å². The van der Waals surface area contributed by atoms with Crippen molar-refractivity contribution in [2.75, 3.05) is 5.32 Å². The molecule has 2 aromatic rings. The SMILES string of the molecule is Cc1cc(NC2Cc3ccccc3C2)ccc1Br. The van der Waals surface area contributed by atoms with Crippen LogP contribution in [0.15, 0.2) is 46.9 Å². The Balaban J connectivity index is 1.74. The number of benzene rings is 2. The maximum atomic E-state index is 3.64. The highest BCUT2D eigenvalue weighted by molar-refractivity contribution is 9.10. The van der Waals surface area contributed by atoms with Gasteiger partial charge in [-0.05, 0) is 54.7 Å². The molecule has 0 bridgehead atoms. The molecule has 1 aliphatic rings. The highest BCUT2D eigenvalue weighted by atomic mass is 79.9. The number of hydrogen-bond acceptors (Lipinski definition) is 1. The Morgan fingerprint density at radius 3 is 2.33 bits per heavy atom. The fourth-order valence-corrected chi connectivity index (χ4v) is 2.88. The molecule has 3 rings (SSSR count). The second-order valence-corrected chi connectivity index (χ2v) is 5.84. The first-order chi connectivity index (χ1) is 8.72. The van der Waals surface area contributed by atoms with Crippen LogP contribution in [0.5, 0.6) is 0 Å². The minimum Gasteiger partial charge on any atom is -0.382 e. The maximum Gasteiger partial charge on any atom is 0.0345 e. The van der Waals surface area contributed by atoms with Crippen LogP contribution in [0.2, 0.25) is 0 Å². The largest absolute Gasteiger partial charge is 0.382 e. The predicted octanol–water partition coefficient (Wildman–Crippen LogP) is 4.34. The van der Waals surface area contributed by atoms with Gasteiger partial charge >= 0.3 is 0 Å². The van der Waals surface area contributed by atoms with E-state index in [1.807, 2.05) is 0 Å². The van der Waals surface area contributed by atoms with Gasteiger partial charge in [-0.2, -0.15) is 0 Å². The number of aryl methyl sites for hydroxylation is 1. The van der Waals surface area contributed by atoms with E-state index in [0.717, 1.165) is 12.8 Å². The summed E-state index contributed by atoms with van der Waals surface area (Å²) in [5, 5.41) is 3.64. The van der Waals surface area contributed by atoms with E-state index in [4.69, 9.17) is 0 Å². The van der Waals surface area contributed by atoms with Gasteiger partial charge in [-0.3, -0.25) is 0 Å². The molecule has 18 heavy (non-hydrogen) atoms. The summed E-state index contributed by atoms with van der Waals surface area (Å²) in [7, 11) is 0. The molecule has 0 atom stereocenters. The number of anilines is 1. The third kappa shape index (κ3) is 2.30. The molecule has 0 aliphatic heterocycles. The Labute approximate surface area is 116 Å². The van der Waals surface area contributed by atoms with E-state index in [0.29, 0.717) is 6.04 Å². The second-order valence-electron chi connectivity index (χ2n) is 4.98. The van der Waals surface area contributed by atoms with Gasteiger partial charge in [-0.15, -0.1) is 0 Å². The lowest BCUT2D eigenvalue weighted by molar-refractivity contribution is 0.774. The summed E-state index contributed by atoms with van der Waals surface area (Å²) in [5.41, 5.74) is 5.47. The zero-order valence-corrected chi connectivity index (χ0v) is 12.0. The van der Waals surface area contributed by atoms with Crippen molar-refractivity contribution in [1.29, 1.82) is 0 Å². The molecule has 0 spiro atoms. The first kappa shape index (κ1) is 11.8. The van der Waals surface area contributed by atoms with Gasteiger partial charge in [0.1, 0.15) is 0 Å². The van der Waals surface area contributed by atoms with Gasteiger partial charge in [0.25, 0.3) is 0 Å². The van der Waals surface area contributed by atoms with Gasteiger partial charge in [0, 0.05) is 16.2 Å². The van der Waals surface area contributed by atoms with Crippen LogP contribution in [-0.4, -0.2) is 6.04 Å². The molecular formula is C16H16BrN. The van der Waals surface area contributed by atoms with Crippen molar-refractivity contribution < 1.29 is 0 Å². The number of rotatable bonds is 2.